The van der Waals surface area contributed by atoms with Gasteiger partial charge in [-0.15, -0.1) is 0 Å². The van der Waals surface area contributed by atoms with Crippen LogP contribution in [0.2, 0.25) is 0 Å². The largest absolute Gasteiger partial charge is 0.487 e. The van der Waals surface area contributed by atoms with E-state index in [1.807, 2.05) is 13.0 Å². The molecule has 2 aliphatic heterocycles. The number of carbonyl (C=O) groups is 1. The number of hydrogen-bond donors (Lipinski definition) is 2. The quantitative estimate of drug-likeness (QED) is 0.553. The summed E-state index contributed by atoms with van der Waals surface area (Å²) in [5, 5.41) is 12.7. The lowest BCUT2D eigenvalue weighted by Gasteiger charge is -2.37. The smallest absolute Gasteiger partial charge is 0.321 e. The van der Waals surface area contributed by atoms with Crippen LogP contribution in [0.3, 0.4) is 0 Å². The van der Waals surface area contributed by atoms with Crippen molar-refractivity contribution in [2.45, 2.75) is 50.2 Å². The average molecular weight is 558 g/mol. The number of rotatable bonds is 6. The van der Waals surface area contributed by atoms with E-state index in [4.69, 9.17) is 14.2 Å². The van der Waals surface area contributed by atoms with Crippen LogP contribution < -0.4 is 19.5 Å². The first kappa shape index (κ1) is 27.3. The van der Waals surface area contributed by atoms with Crippen LogP contribution in [-0.4, -0.2) is 74.4 Å². The fourth-order valence-electron chi connectivity index (χ4n) is 5.12. The van der Waals surface area contributed by atoms with Gasteiger partial charge in [0, 0.05) is 37.3 Å². The van der Waals surface area contributed by atoms with E-state index >= 15 is 0 Å². The number of fused-ring (bicyclic) bond motifs is 2. The summed E-state index contributed by atoms with van der Waals surface area (Å²) in [5.74, 6) is 1.17. The molecule has 2 amide bonds. The molecule has 3 atom stereocenters. The standard InChI is InChI=1S/C28H35N3O7S/c1-18-14-31(19(2)16-32)39(34,35)27-11-8-21(20-6-4-5-7-20)12-25(27)38-26(18)15-30(3)28(33)29-22-9-10-23-24(13-22)37-17-36-23/h6,8-13,18-19,26,32H,4-5,7,14-17H2,1-3H3,(H,29,33)/t18-,19-,26+/m0/s1. The number of anilines is 1. The summed E-state index contributed by atoms with van der Waals surface area (Å²) in [7, 11) is -2.26. The lowest BCUT2D eigenvalue weighted by Crippen LogP contribution is -2.50. The fourth-order valence-corrected chi connectivity index (χ4v) is 6.95. The van der Waals surface area contributed by atoms with E-state index in [1.165, 1.54) is 14.8 Å². The highest BCUT2D eigenvalue weighted by atomic mass is 32.2. The molecule has 0 saturated carbocycles. The van der Waals surface area contributed by atoms with Crippen LogP contribution in [0.5, 0.6) is 17.2 Å². The molecule has 2 aromatic carbocycles. The van der Waals surface area contributed by atoms with Gasteiger partial charge < -0.3 is 29.5 Å². The highest BCUT2D eigenvalue weighted by Crippen LogP contribution is 2.38. The molecule has 2 aromatic rings. The van der Waals surface area contributed by atoms with Crippen LogP contribution in [0.4, 0.5) is 10.5 Å². The van der Waals surface area contributed by atoms with Crippen LogP contribution in [0.15, 0.2) is 47.4 Å². The zero-order valence-corrected chi connectivity index (χ0v) is 23.2. The molecule has 11 heteroatoms. The minimum absolute atomic E-state index is 0.0644. The normalized spacial score (nSPS) is 22.6. The van der Waals surface area contributed by atoms with Crippen molar-refractivity contribution in [1.82, 2.24) is 9.21 Å². The molecule has 0 bridgehead atoms. The van der Waals surface area contributed by atoms with Crippen LogP contribution in [0, 0.1) is 5.92 Å². The SMILES string of the molecule is C[C@H]1CN([C@@H](C)CO)S(=O)(=O)c2ccc(C3=CCCC3)cc2O[C@@H]1CN(C)C(=O)Nc1ccc2c(c1)OCO2. The maximum Gasteiger partial charge on any atom is 0.321 e. The molecule has 1 aliphatic carbocycles. The Morgan fingerprint density at radius 3 is 2.72 bits per heavy atom. The molecule has 5 rings (SSSR count). The Bertz CT molecular complexity index is 1380. The Morgan fingerprint density at radius 2 is 1.97 bits per heavy atom. The van der Waals surface area contributed by atoms with E-state index in [-0.39, 0.29) is 49.1 Å². The number of likely N-dealkylation sites (N-methyl/N-ethyl adjacent to an activating group) is 1. The number of ether oxygens (including phenoxy) is 3. The fraction of sp³-hybridized carbons (Fsp3) is 0.464. The summed E-state index contributed by atoms with van der Waals surface area (Å²) in [6.07, 6.45) is 4.66. The van der Waals surface area contributed by atoms with Crippen molar-refractivity contribution < 1.29 is 32.5 Å². The number of benzene rings is 2. The van der Waals surface area contributed by atoms with E-state index in [9.17, 15) is 18.3 Å². The van der Waals surface area contributed by atoms with Gasteiger partial charge in [-0.2, -0.15) is 4.31 Å². The third-order valence-corrected chi connectivity index (χ3v) is 9.52. The highest BCUT2D eigenvalue weighted by molar-refractivity contribution is 7.89. The number of nitrogens with one attached hydrogen (secondary N) is 1. The van der Waals surface area contributed by atoms with Crippen molar-refractivity contribution in [3.63, 3.8) is 0 Å². The summed E-state index contributed by atoms with van der Waals surface area (Å²) >= 11 is 0. The van der Waals surface area contributed by atoms with Crippen molar-refractivity contribution in [3.05, 3.63) is 48.0 Å². The van der Waals surface area contributed by atoms with Crippen LogP contribution in [-0.2, 0) is 10.0 Å². The van der Waals surface area contributed by atoms with Crippen molar-refractivity contribution >= 4 is 27.3 Å². The highest BCUT2D eigenvalue weighted by Gasteiger charge is 2.38. The number of amides is 2. The predicted molar refractivity (Wildman–Crippen MR) is 147 cm³/mol. The molecule has 0 unspecified atom stereocenters. The van der Waals surface area contributed by atoms with Gasteiger partial charge in [0.1, 0.15) is 16.7 Å². The van der Waals surface area contributed by atoms with E-state index in [0.29, 0.717) is 17.2 Å². The molecule has 0 fully saturated rings. The first-order chi connectivity index (χ1) is 18.7. The van der Waals surface area contributed by atoms with Crippen LogP contribution >= 0.6 is 0 Å². The van der Waals surface area contributed by atoms with Crippen molar-refractivity contribution in [2.24, 2.45) is 5.92 Å². The Kier molecular flexibility index (Phi) is 7.75. The van der Waals surface area contributed by atoms with Crippen LogP contribution in [0.25, 0.3) is 5.57 Å². The molecule has 0 spiro atoms. The topological polar surface area (TPSA) is 118 Å². The van der Waals surface area contributed by atoms with Crippen molar-refractivity contribution in [3.8, 4) is 17.2 Å². The monoisotopic (exact) mass is 557 g/mol. The zero-order chi connectivity index (χ0) is 27.7. The Hall–Kier alpha value is -3.28. The third-order valence-electron chi connectivity index (χ3n) is 7.50. The van der Waals surface area contributed by atoms with E-state index in [2.05, 4.69) is 11.4 Å². The first-order valence-corrected chi connectivity index (χ1v) is 14.7. The number of hydrogen-bond acceptors (Lipinski definition) is 7. The molecule has 10 nitrogen and oxygen atoms in total. The number of sulfonamides is 1. The Morgan fingerprint density at radius 1 is 1.18 bits per heavy atom. The molecule has 39 heavy (non-hydrogen) atoms. The third kappa shape index (κ3) is 5.57. The summed E-state index contributed by atoms with van der Waals surface area (Å²) in [6, 6.07) is 9.44. The van der Waals surface area contributed by atoms with Crippen LogP contribution in [0.1, 0.15) is 38.7 Å². The summed E-state index contributed by atoms with van der Waals surface area (Å²) in [6.45, 7) is 3.77. The number of aliphatic hydroxyl groups excluding tert-OH is 1. The minimum Gasteiger partial charge on any atom is -0.487 e. The molecular formula is C28H35N3O7S. The Labute approximate surface area is 229 Å². The molecule has 3 aliphatic rings. The van der Waals surface area contributed by atoms with Gasteiger partial charge in [0.2, 0.25) is 16.8 Å². The number of nitrogens with zero attached hydrogens (tertiary/aromatic N) is 2. The second kappa shape index (κ2) is 11.1. The number of carbonyl (C=O) groups excluding carboxylic acids is 1. The molecule has 0 saturated heterocycles. The van der Waals surface area contributed by atoms with Gasteiger partial charge in [0.25, 0.3) is 0 Å². The predicted octanol–water partition coefficient (Wildman–Crippen LogP) is 3.92. The van der Waals surface area contributed by atoms with Crippen molar-refractivity contribution in [1.29, 1.82) is 0 Å². The van der Waals surface area contributed by atoms with Gasteiger partial charge in [-0.1, -0.05) is 19.1 Å². The minimum atomic E-state index is -3.93. The number of allylic oxidation sites excluding steroid dienone is 2. The summed E-state index contributed by atoms with van der Waals surface area (Å²) in [5.41, 5.74) is 2.67. The lowest BCUT2D eigenvalue weighted by atomic mass is 10.0. The van der Waals surface area contributed by atoms with E-state index in [0.717, 1.165) is 24.8 Å². The first-order valence-electron chi connectivity index (χ1n) is 13.2. The van der Waals surface area contributed by atoms with E-state index in [1.54, 1.807) is 44.3 Å². The maximum absolute atomic E-state index is 13.7. The molecular weight excluding hydrogens is 522 g/mol. The zero-order valence-electron chi connectivity index (χ0n) is 22.4. The van der Waals surface area contributed by atoms with Gasteiger partial charge in [-0.3, -0.25) is 0 Å². The molecule has 2 N–H and O–H groups in total. The summed E-state index contributed by atoms with van der Waals surface area (Å²) in [4.78, 5) is 14.7. The molecule has 0 aromatic heterocycles. The number of aliphatic hydroxyl groups is 1. The molecule has 0 radical (unpaired) electrons. The van der Waals surface area contributed by atoms with Gasteiger partial charge in [-0.25, -0.2) is 13.2 Å². The maximum atomic E-state index is 13.7. The molecule has 210 valence electrons. The van der Waals surface area contributed by atoms with Gasteiger partial charge in [0.05, 0.1) is 13.2 Å². The Balaban J connectivity index is 1.41. The lowest BCUT2D eigenvalue weighted by molar-refractivity contribution is 0.0830. The van der Waals surface area contributed by atoms with Gasteiger partial charge in [-0.05, 0) is 61.6 Å². The summed E-state index contributed by atoms with van der Waals surface area (Å²) < 4.78 is 45.9. The molecule has 2 heterocycles. The second-order valence-corrected chi connectivity index (χ2v) is 12.3. The van der Waals surface area contributed by atoms with Gasteiger partial charge in [0.15, 0.2) is 11.5 Å². The van der Waals surface area contributed by atoms with Gasteiger partial charge >= 0.3 is 6.03 Å². The second-order valence-electron chi connectivity index (χ2n) is 10.4. The van der Waals surface area contributed by atoms with E-state index < -0.39 is 22.2 Å². The van der Waals surface area contributed by atoms with Crippen molar-refractivity contribution in [2.75, 3.05) is 38.9 Å². The average Bonchev–Trinajstić information content (AvgIpc) is 3.62. The number of urea groups is 1.